The maximum atomic E-state index is 13.5. The number of nitrogens with two attached hydrogens (primary N) is 1. The molecule has 0 aliphatic heterocycles. The lowest BCUT2D eigenvalue weighted by atomic mass is 9.48. The monoisotopic (exact) mass is 534 g/mol. The van der Waals surface area contributed by atoms with E-state index in [1.165, 1.54) is 50.7 Å². The molecule has 3 aromatic rings. The number of aryl methyl sites for hydroxylation is 2. The van der Waals surface area contributed by atoms with Crippen LogP contribution in [0.2, 0.25) is 0 Å². The topological polar surface area (TPSA) is 121 Å². The minimum Gasteiger partial charge on any atom is -0.478 e. The molecule has 4 fully saturated rings. The van der Waals surface area contributed by atoms with E-state index in [0.717, 1.165) is 47.4 Å². The van der Waals surface area contributed by atoms with Gasteiger partial charge in [-0.25, -0.2) is 9.78 Å². The smallest absolute Gasteiger partial charge is 0.337 e. The number of rotatable bonds is 7. The van der Waals surface area contributed by atoms with Crippen LogP contribution in [0.3, 0.4) is 0 Å². The number of aromatic nitrogens is 2. The summed E-state index contributed by atoms with van der Waals surface area (Å²) in [6, 6.07) is 12.5. The molecule has 0 atom stereocenters. The second-order valence-electron chi connectivity index (χ2n) is 11.7. The Morgan fingerprint density at radius 2 is 1.74 bits per heavy atom. The summed E-state index contributed by atoms with van der Waals surface area (Å²) in [5, 5.41) is 12.3. The van der Waals surface area contributed by atoms with Crippen LogP contribution in [0.15, 0.2) is 42.5 Å². The summed E-state index contributed by atoms with van der Waals surface area (Å²) in [7, 11) is 0. The molecule has 0 spiro atoms. The first-order valence-corrected chi connectivity index (χ1v) is 13.4. The van der Waals surface area contributed by atoms with Gasteiger partial charge in [0.05, 0.1) is 5.56 Å². The molecule has 0 unspecified atom stereocenters. The molecular formula is C30H35ClN4O3. The van der Waals surface area contributed by atoms with Gasteiger partial charge >= 0.3 is 5.97 Å². The first-order valence-electron chi connectivity index (χ1n) is 13.4. The highest BCUT2D eigenvalue weighted by Gasteiger charge is 2.50. The molecule has 4 aliphatic rings. The quantitative estimate of drug-likeness (QED) is 0.258. The maximum Gasteiger partial charge on any atom is 0.337 e. The van der Waals surface area contributed by atoms with E-state index >= 15 is 0 Å². The van der Waals surface area contributed by atoms with Gasteiger partial charge in [-0.05, 0) is 105 Å². The molecule has 0 saturated heterocycles. The van der Waals surface area contributed by atoms with E-state index in [4.69, 9.17) is 10.7 Å². The zero-order chi connectivity index (χ0) is 25.7. The highest BCUT2D eigenvalue weighted by Crippen LogP contribution is 2.61. The molecule has 200 valence electrons. The second kappa shape index (κ2) is 10.1. The summed E-state index contributed by atoms with van der Waals surface area (Å²) in [6.45, 7) is 2.04. The molecule has 1 amide bonds. The Hall–Kier alpha value is -3.32. The fraction of sp³-hybridized carbons (Fsp3) is 0.433. The van der Waals surface area contributed by atoms with Crippen molar-refractivity contribution in [1.82, 2.24) is 9.97 Å². The van der Waals surface area contributed by atoms with Gasteiger partial charge in [-0.3, -0.25) is 4.79 Å². The average molecular weight is 535 g/mol. The summed E-state index contributed by atoms with van der Waals surface area (Å²) < 4.78 is 0. The second-order valence-corrected chi connectivity index (χ2v) is 11.7. The van der Waals surface area contributed by atoms with E-state index in [1.54, 1.807) is 6.07 Å². The normalized spacial score (nSPS) is 25.1. The number of H-pyrrole nitrogens is 1. The lowest BCUT2D eigenvalue weighted by Crippen LogP contribution is -2.46. The predicted octanol–water partition coefficient (Wildman–Crippen LogP) is 6.49. The van der Waals surface area contributed by atoms with Gasteiger partial charge in [0.25, 0.3) is 5.91 Å². The van der Waals surface area contributed by atoms with Gasteiger partial charge in [0.15, 0.2) is 0 Å². The number of carboxylic acids is 1. The zero-order valence-electron chi connectivity index (χ0n) is 21.6. The van der Waals surface area contributed by atoms with Crippen molar-refractivity contribution < 1.29 is 14.7 Å². The summed E-state index contributed by atoms with van der Waals surface area (Å²) in [5.41, 5.74) is 9.95. The Balaban J connectivity index is 0.00000294. The molecule has 1 heterocycles. The number of aromatic carboxylic acids is 1. The molecule has 0 radical (unpaired) electrons. The van der Waals surface area contributed by atoms with Gasteiger partial charge in [0.2, 0.25) is 0 Å². The third-order valence-corrected chi connectivity index (χ3v) is 9.01. The number of hydrogen-bond acceptors (Lipinski definition) is 4. The van der Waals surface area contributed by atoms with Crippen molar-refractivity contribution in [3.63, 3.8) is 0 Å². The van der Waals surface area contributed by atoms with Crippen molar-refractivity contribution in [2.45, 2.75) is 58.3 Å². The van der Waals surface area contributed by atoms with Crippen molar-refractivity contribution in [2.75, 3.05) is 11.1 Å². The Morgan fingerprint density at radius 3 is 2.37 bits per heavy atom. The Labute approximate surface area is 229 Å². The molecular weight excluding hydrogens is 500 g/mol. The number of imidazole rings is 1. The number of amides is 1. The van der Waals surface area contributed by atoms with Crippen molar-refractivity contribution in [3.8, 4) is 11.4 Å². The fourth-order valence-corrected chi connectivity index (χ4v) is 7.74. The number of hydrogen-bond donors (Lipinski definition) is 4. The predicted molar refractivity (Wildman–Crippen MR) is 151 cm³/mol. The number of nitrogens with zero attached hydrogens (tertiary/aromatic N) is 1. The molecule has 5 N–H and O–H groups in total. The third kappa shape index (κ3) is 4.92. The van der Waals surface area contributed by atoms with E-state index in [-0.39, 0.29) is 29.6 Å². The molecule has 8 heteroatoms. The first kappa shape index (κ1) is 26.3. The number of nitrogen functional groups attached to an aromatic ring is 1. The summed E-state index contributed by atoms with van der Waals surface area (Å²) in [5.74, 6) is 1.85. The zero-order valence-corrected chi connectivity index (χ0v) is 22.4. The van der Waals surface area contributed by atoms with Crippen LogP contribution < -0.4 is 11.1 Å². The van der Waals surface area contributed by atoms with Gasteiger partial charge in [-0.15, -0.1) is 12.4 Å². The van der Waals surface area contributed by atoms with Crippen molar-refractivity contribution in [1.29, 1.82) is 0 Å². The van der Waals surface area contributed by atoms with Crippen LogP contribution >= 0.6 is 12.4 Å². The molecule has 38 heavy (non-hydrogen) atoms. The molecule has 7 rings (SSSR count). The molecule has 1 aromatic heterocycles. The number of benzene rings is 2. The Morgan fingerprint density at radius 1 is 1.08 bits per heavy atom. The highest BCUT2D eigenvalue weighted by atomic mass is 35.5. The van der Waals surface area contributed by atoms with E-state index in [2.05, 4.69) is 10.3 Å². The number of halogens is 1. The van der Waals surface area contributed by atoms with E-state index < -0.39 is 5.97 Å². The van der Waals surface area contributed by atoms with E-state index in [0.29, 0.717) is 22.6 Å². The number of carbonyl (C=O) groups excluding carboxylic acids is 1. The largest absolute Gasteiger partial charge is 0.478 e. The van der Waals surface area contributed by atoms with Crippen molar-refractivity contribution >= 4 is 35.7 Å². The first-order chi connectivity index (χ1) is 17.8. The van der Waals surface area contributed by atoms with Crippen LogP contribution in [0.1, 0.15) is 77.0 Å². The number of carboxylic acid groups (broad SMARTS) is 1. The van der Waals surface area contributed by atoms with Crippen LogP contribution in [0.4, 0.5) is 11.4 Å². The maximum absolute atomic E-state index is 13.5. The number of carbonyl (C=O) groups is 2. The van der Waals surface area contributed by atoms with Crippen LogP contribution in [-0.4, -0.2) is 27.0 Å². The van der Waals surface area contributed by atoms with Gasteiger partial charge in [0, 0.05) is 22.6 Å². The van der Waals surface area contributed by atoms with Crippen molar-refractivity contribution in [2.24, 2.45) is 23.2 Å². The Kier molecular flexibility index (Phi) is 6.99. The standard InChI is InChI=1S/C30H34N4O3.ClH/c1-17-4-2-3-5-22(17)27-33-25(8-9-30-14-18-10-19(15-30)12-20(11-18)16-30)26(34-27)28(35)32-21-6-7-24(31)23(13-21)29(36)37;/h2-7,13,18-20H,8-12,14-16,31H2,1H3,(H,32,35)(H,33,34)(H,36,37);1H. The number of nitrogens with one attached hydrogen (secondary N) is 2. The van der Waals surface area contributed by atoms with Gasteiger partial charge in [-0.2, -0.15) is 0 Å². The minimum absolute atomic E-state index is 0. The van der Waals surface area contributed by atoms with Crippen LogP contribution in [0.25, 0.3) is 11.4 Å². The molecule has 4 bridgehead atoms. The number of aromatic amines is 1. The number of anilines is 2. The van der Waals surface area contributed by atoms with E-state index in [1.807, 2.05) is 31.2 Å². The SMILES string of the molecule is Cc1ccccc1-c1nc(C(=O)Nc2ccc(N)c(C(=O)O)c2)c(CCC23CC4CC(CC(C4)C2)C3)[nH]1.Cl. The molecule has 2 aromatic carbocycles. The molecule has 4 saturated carbocycles. The minimum atomic E-state index is -1.13. The average Bonchev–Trinajstić information content (AvgIpc) is 3.28. The third-order valence-electron chi connectivity index (χ3n) is 9.01. The molecule has 7 nitrogen and oxygen atoms in total. The van der Waals surface area contributed by atoms with Crippen LogP contribution in [0.5, 0.6) is 0 Å². The summed E-state index contributed by atoms with van der Waals surface area (Å²) in [4.78, 5) is 33.3. The van der Waals surface area contributed by atoms with Gasteiger partial charge < -0.3 is 21.1 Å². The highest BCUT2D eigenvalue weighted by molar-refractivity contribution is 6.05. The Bertz CT molecular complexity index is 1350. The summed E-state index contributed by atoms with van der Waals surface area (Å²) >= 11 is 0. The van der Waals surface area contributed by atoms with Crippen molar-refractivity contribution in [3.05, 3.63) is 65.0 Å². The van der Waals surface area contributed by atoms with Crippen LogP contribution in [0, 0.1) is 30.1 Å². The van der Waals surface area contributed by atoms with Crippen LogP contribution in [-0.2, 0) is 6.42 Å². The van der Waals surface area contributed by atoms with Gasteiger partial charge in [0.1, 0.15) is 11.5 Å². The van der Waals surface area contributed by atoms with E-state index in [9.17, 15) is 14.7 Å². The van der Waals surface area contributed by atoms with Gasteiger partial charge in [-0.1, -0.05) is 24.3 Å². The summed E-state index contributed by atoms with van der Waals surface area (Å²) in [6.07, 6.45) is 10.0. The molecule has 4 aliphatic carbocycles. The lowest BCUT2D eigenvalue weighted by molar-refractivity contribution is -0.0570. The fourth-order valence-electron chi connectivity index (χ4n) is 7.74. The lowest BCUT2D eigenvalue weighted by Gasteiger charge is -2.57.